The predicted molar refractivity (Wildman–Crippen MR) is 96.4 cm³/mol. The van der Waals surface area contributed by atoms with E-state index in [0.29, 0.717) is 12.3 Å². The number of carboxylic acid groups (broad SMARTS) is 1. The number of pyridine rings is 1. The van der Waals surface area contributed by atoms with Gasteiger partial charge in [0.1, 0.15) is 5.75 Å². The van der Waals surface area contributed by atoms with E-state index in [1.54, 1.807) is 12.3 Å². The lowest BCUT2D eigenvalue weighted by Crippen LogP contribution is -2.34. The largest absolute Gasteiger partial charge is 0.482 e. The molecule has 0 spiro atoms. The first-order chi connectivity index (χ1) is 12.7. The lowest BCUT2D eigenvalue weighted by molar-refractivity contribution is -0.139. The van der Waals surface area contributed by atoms with Crippen LogP contribution in [-0.2, 0) is 11.3 Å². The Hall–Kier alpha value is -2.91. The summed E-state index contributed by atoms with van der Waals surface area (Å²) >= 11 is 0. The molecule has 0 aliphatic carbocycles. The second-order valence-electron chi connectivity index (χ2n) is 6.42. The van der Waals surface area contributed by atoms with Gasteiger partial charge < -0.3 is 9.84 Å². The highest BCUT2D eigenvalue weighted by molar-refractivity contribution is 5.69. The number of carbonyl (C=O) groups is 1. The lowest BCUT2D eigenvalue weighted by atomic mass is 9.98. The molecular weight excluding hydrogens is 330 g/mol. The number of ether oxygens (including phenoxy) is 1. The van der Waals surface area contributed by atoms with E-state index in [-0.39, 0.29) is 12.5 Å². The average Bonchev–Trinajstić information content (AvgIpc) is 2.67. The third kappa shape index (κ3) is 4.58. The van der Waals surface area contributed by atoms with E-state index in [0.717, 1.165) is 42.8 Å². The van der Waals surface area contributed by atoms with Gasteiger partial charge in [0.25, 0.3) is 0 Å². The quantitative estimate of drug-likeness (QED) is 0.861. The summed E-state index contributed by atoms with van der Waals surface area (Å²) in [5.74, 6) is -0.399. The molecule has 26 heavy (non-hydrogen) atoms. The van der Waals surface area contributed by atoms with Crippen molar-refractivity contribution in [3.63, 3.8) is 0 Å². The molecule has 0 radical (unpaired) electrons. The number of rotatable bonds is 6. The predicted octanol–water partition coefficient (Wildman–Crippen LogP) is 2.95. The van der Waals surface area contributed by atoms with Crippen LogP contribution in [0.2, 0.25) is 0 Å². The molecule has 0 unspecified atom stereocenters. The van der Waals surface area contributed by atoms with Gasteiger partial charge in [0.15, 0.2) is 6.61 Å². The van der Waals surface area contributed by atoms with Crippen molar-refractivity contribution in [1.29, 1.82) is 5.26 Å². The van der Waals surface area contributed by atoms with Gasteiger partial charge in [0, 0.05) is 30.4 Å². The van der Waals surface area contributed by atoms with Crippen molar-refractivity contribution >= 4 is 5.97 Å². The first-order valence-electron chi connectivity index (χ1n) is 8.66. The summed E-state index contributed by atoms with van der Waals surface area (Å²) in [5, 5.41) is 18.1. The zero-order chi connectivity index (χ0) is 18.4. The third-order valence-corrected chi connectivity index (χ3v) is 4.45. The molecule has 1 atom stereocenters. The van der Waals surface area contributed by atoms with Crippen molar-refractivity contribution in [3.05, 3.63) is 48.2 Å². The fraction of sp³-hybridized carbons (Fsp3) is 0.350. The first-order valence-corrected chi connectivity index (χ1v) is 8.66. The molecule has 2 aromatic rings. The molecule has 1 N–H and O–H groups in total. The van der Waals surface area contributed by atoms with Crippen LogP contribution >= 0.6 is 0 Å². The van der Waals surface area contributed by atoms with Crippen LogP contribution in [0.4, 0.5) is 0 Å². The van der Waals surface area contributed by atoms with E-state index in [9.17, 15) is 10.1 Å². The molecule has 6 heteroatoms. The second kappa shape index (κ2) is 8.45. The summed E-state index contributed by atoms with van der Waals surface area (Å²) in [6, 6.07) is 13.8. The molecule has 1 saturated heterocycles. The molecule has 3 rings (SSSR count). The molecule has 0 saturated carbocycles. The number of hydrogen-bond acceptors (Lipinski definition) is 5. The number of benzene rings is 1. The minimum atomic E-state index is -1.01. The van der Waals surface area contributed by atoms with Crippen LogP contribution in [0.25, 0.3) is 11.3 Å². The van der Waals surface area contributed by atoms with Gasteiger partial charge >= 0.3 is 5.97 Å². The molecule has 6 nitrogen and oxygen atoms in total. The minimum Gasteiger partial charge on any atom is -0.482 e. The minimum absolute atomic E-state index is 0.0473. The fourth-order valence-electron chi connectivity index (χ4n) is 3.22. The van der Waals surface area contributed by atoms with E-state index in [4.69, 9.17) is 9.84 Å². The Balaban J connectivity index is 1.85. The van der Waals surface area contributed by atoms with Gasteiger partial charge in [0.05, 0.1) is 17.7 Å². The van der Waals surface area contributed by atoms with E-state index in [2.05, 4.69) is 16.0 Å². The van der Waals surface area contributed by atoms with Crippen molar-refractivity contribution < 1.29 is 14.6 Å². The van der Waals surface area contributed by atoms with Crippen molar-refractivity contribution in [2.24, 2.45) is 5.92 Å². The summed E-state index contributed by atoms with van der Waals surface area (Å²) in [7, 11) is 0. The zero-order valence-electron chi connectivity index (χ0n) is 14.5. The molecule has 1 aromatic heterocycles. The van der Waals surface area contributed by atoms with Gasteiger partial charge in [0.2, 0.25) is 0 Å². The smallest absolute Gasteiger partial charge is 0.341 e. The number of piperidine rings is 1. The number of likely N-dealkylation sites (tertiary alicyclic amines) is 1. The van der Waals surface area contributed by atoms with Crippen molar-refractivity contribution in [2.75, 3.05) is 19.7 Å². The van der Waals surface area contributed by atoms with E-state index >= 15 is 0 Å². The van der Waals surface area contributed by atoms with Crippen molar-refractivity contribution in [3.8, 4) is 23.1 Å². The SMILES string of the molecule is N#C[C@@H]1CCCN(Cc2cc(-c3ccccn3)ccc2OCC(=O)O)C1. The van der Waals surface area contributed by atoms with Crippen molar-refractivity contribution in [1.82, 2.24) is 9.88 Å². The maximum atomic E-state index is 10.9. The fourth-order valence-corrected chi connectivity index (χ4v) is 3.22. The molecule has 1 fully saturated rings. The lowest BCUT2D eigenvalue weighted by Gasteiger charge is -2.30. The molecular formula is C20H21N3O3. The summed E-state index contributed by atoms with van der Waals surface area (Å²) in [6.07, 6.45) is 3.67. The highest BCUT2D eigenvalue weighted by atomic mass is 16.5. The topological polar surface area (TPSA) is 86.5 Å². The van der Waals surface area contributed by atoms with Crippen LogP contribution in [0.1, 0.15) is 18.4 Å². The van der Waals surface area contributed by atoms with Crippen LogP contribution < -0.4 is 4.74 Å². The Morgan fingerprint density at radius 2 is 2.27 bits per heavy atom. The molecule has 1 aliphatic heterocycles. The number of hydrogen-bond donors (Lipinski definition) is 1. The number of carboxylic acids is 1. The van der Waals surface area contributed by atoms with Gasteiger partial charge in [-0.1, -0.05) is 6.07 Å². The highest BCUT2D eigenvalue weighted by Crippen LogP contribution is 2.28. The molecule has 0 bridgehead atoms. The summed E-state index contributed by atoms with van der Waals surface area (Å²) in [5.41, 5.74) is 2.72. The monoisotopic (exact) mass is 351 g/mol. The maximum absolute atomic E-state index is 10.9. The van der Waals surface area contributed by atoms with Gasteiger partial charge in [-0.25, -0.2) is 4.79 Å². The standard InChI is InChI=1S/C20H21N3O3/c21-11-15-4-3-9-23(12-15)13-17-10-16(18-5-1-2-8-22-18)6-7-19(17)26-14-20(24)25/h1-2,5-8,10,15H,3-4,9,12-14H2,(H,24,25)/t15-/m0/s1. The Morgan fingerprint density at radius 1 is 1.38 bits per heavy atom. The van der Waals surface area contributed by atoms with E-state index in [1.807, 2.05) is 30.3 Å². The number of aliphatic carboxylic acids is 1. The normalized spacial score (nSPS) is 17.4. The number of nitriles is 1. The van der Waals surface area contributed by atoms with Crippen LogP contribution in [0.5, 0.6) is 5.75 Å². The van der Waals surface area contributed by atoms with Gasteiger partial charge in [-0.3, -0.25) is 9.88 Å². The Labute approximate surface area is 152 Å². The van der Waals surface area contributed by atoms with Crippen molar-refractivity contribution in [2.45, 2.75) is 19.4 Å². The number of nitrogens with zero attached hydrogens (tertiary/aromatic N) is 3. The third-order valence-electron chi connectivity index (χ3n) is 4.45. The Bertz CT molecular complexity index is 802. The van der Waals surface area contributed by atoms with E-state index in [1.165, 1.54) is 0 Å². The molecule has 1 aromatic carbocycles. The maximum Gasteiger partial charge on any atom is 0.341 e. The van der Waals surface area contributed by atoms with Crippen LogP contribution in [0.3, 0.4) is 0 Å². The second-order valence-corrected chi connectivity index (χ2v) is 6.42. The summed E-state index contributed by atoms with van der Waals surface area (Å²) < 4.78 is 5.47. The van der Waals surface area contributed by atoms with Crippen LogP contribution in [0, 0.1) is 17.2 Å². The van der Waals surface area contributed by atoms with Crippen LogP contribution in [-0.4, -0.2) is 40.7 Å². The molecule has 2 heterocycles. The average molecular weight is 351 g/mol. The van der Waals surface area contributed by atoms with Crippen LogP contribution in [0.15, 0.2) is 42.6 Å². The Kier molecular flexibility index (Phi) is 5.82. The van der Waals surface area contributed by atoms with Gasteiger partial charge in [-0.2, -0.15) is 5.26 Å². The summed E-state index contributed by atoms with van der Waals surface area (Å²) in [4.78, 5) is 17.5. The molecule has 134 valence electrons. The molecule has 1 aliphatic rings. The molecule has 0 amide bonds. The van der Waals surface area contributed by atoms with Gasteiger partial charge in [-0.05, 0) is 49.7 Å². The highest BCUT2D eigenvalue weighted by Gasteiger charge is 2.21. The Morgan fingerprint density at radius 3 is 3.00 bits per heavy atom. The first kappa shape index (κ1) is 17.9. The number of aromatic nitrogens is 1. The van der Waals surface area contributed by atoms with Gasteiger partial charge in [-0.15, -0.1) is 0 Å². The summed E-state index contributed by atoms with van der Waals surface area (Å²) in [6.45, 7) is 1.89. The zero-order valence-corrected chi connectivity index (χ0v) is 14.5. The van der Waals surface area contributed by atoms with E-state index < -0.39 is 5.97 Å².